The van der Waals surface area contributed by atoms with Gasteiger partial charge in [-0.05, 0) is 32.6 Å². The van der Waals surface area contributed by atoms with Crippen LogP contribution in [-0.2, 0) is 4.79 Å². The van der Waals surface area contributed by atoms with Gasteiger partial charge in [0.1, 0.15) is 17.9 Å². The van der Waals surface area contributed by atoms with E-state index in [4.69, 9.17) is 4.74 Å². The molecule has 1 heterocycles. The van der Waals surface area contributed by atoms with Crippen molar-refractivity contribution in [1.82, 2.24) is 14.9 Å². The molecular formula is C24H29N5O3. The zero-order chi connectivity index (χ0) is 22.9. The first kappa shape index (κ1) is 23.2. The molecule has 0 bridgehead atoms. The van der Waals surface area contributed by atoms with Gasteiger partial charge in [0.25, 0.3) is 0 Å². The highest BCUT2D eigenvalue weighted by Gasteiger charge is 2.16. The Morgan fingerprint density at radius 1 is 1.22 bits per heavy atom. The number of likely N-dealkylation sites (N-methyl/N-ethyl adjacent to an activating group) is 1. The topological polar surface area (TPSA) is 99.6 Å². The number of aliphatic hydroxyl groups excluding tert-OH is 1. The number of rotatable bonds is 10. The summed E-state index contributed by atoms with van der Waals surface area (Å²) in [7, 11) is 3.87. The van der Waals surface area contributed by atoms with Gasteiger partial charge in [0.15, 0.2) is 0 Å². The second-order valence-electron chi connectivity index (χ2n) is 7.46. The summed E-state index contributed by atoms with van der Waals surface area (Å²) in [5.74, 6) is 0.830. The highest BCUT2D eigenvalue weighted by atomic mass is 16.5. The van der Waals surface area contributed by atoms with Crippen LogP contribution in [0.3, 0.4) is 0 Å². The third kappa shape index (κ3) is 6.03. The predicted octanol–water partition coefficient (Wildman–Crippen LogP) is 3.23. The fourth-order valence-corrected chi connectivity index (χ4v) is 3.20. The molecule has 0 fully saturated rings. The average Bonchev–Trinajstić information content (AvgIpc) is 2.78. The van der Waals surface area contributed by atoms with Gasteiger partial charge in [-0.2, -0.15) is 0 Å². The quantitative estimate of drug-likeness (QED) is 0.421. The summed E-state index contributed by atoms with van der Waals surface area (Å²) in [6.45, 7) is 2.88. The van der Waals surface area contributed by atoms with E-state index in [-0.39, 0.29) is 18.6 Å². The number of carbonyl (C=O) groups excluding carboxylic acids is 1. The van der Waals surface area contributed by atoms with Crippen molar-refractivity contribution in [2.75, 3.05) is 44.5 Å². The number of anilines is 2. The fraction of sp³-hybridized carbons (Fsp3) is 0.292. The average molecular weight is 436 g/mol. The molecule has 0 unspecified atom stereocenters. The lowest BCUT2D eigenvalue weighted by Crippen LogP contribution is -2.16. The maximum atomic E-state index is 12.4. The van der Waals surface area contributed by atoms with Gasteiger partial charge in [-0.15, -0.1) is 0 Å². The van der Waals surface area contributed by atoms with Crippen molar-refractivity contribution in [1.29, 1.82) is 0 Å². The number of carbonyl (C=O) groups is 1. The summed E-state index contributed by atoms with van der Waals surface area (Å²) < 4.78 is 5.73. The number of nitrogens with zero attached hydrogens (tertiary/aromatic N) is 3. The van der Waals surface area contributed by atoms with E-state index < -0.39 is 0 Å². The van der Waals surface area contributed by atoms with Crippen molar-refractivity contribution in [3.63, 3.8) is 0 Å². The van der Waals surface area contributed by atoms with Crippen LogP contribution >= 0.6 is 0 Å². The zero-order valence-electron chi connectivity index (χ0n) is 18.6. The second-order valence-corrected chi connectivity index (χ2v) is 7.46. The molecule has 0 aliphatic heterocycles. The number of hydrogen-bond donors (Lipinski definition) is 3. The van der Waals surface area contributed by atoms with Gasteiger partial charge in [0, 0.05) is 24.1 Å². The number of amides is 1. The van der Waals surface area contributed by atoms with Crippen LogP contribution in [-0.4, -0.2) is 59.7 Å². The molecule has 0 saturated carbocycles. The number of aliphatic hydroxyl groups is 1. The first-order chi connectivity index (χ1) is 15.5. The lowest BCUT2D eigenvalue weighted by Gasteiger charge is -2.19. The minimum absolute atomic E-state index is 0.104. The van der Waals surface area contributed by atoms with E-state index in [1.165, 1.54) is 12.4 Å². The van der Waals surface area contributed by atoms with E-state index in [0.29, 0.717) is 41.3 Å². The Balaban J connectivity index is 1.94. The van der Waals surface area contributed by atoms with E-state index in [1.54, 1.807) is 18.2 Å². The van der Waals surface area contributed by atoms with Gasteiger partial charge in [0.2, 0.25) is 5.91 Å². The number of aromatic nitrogens is 2. The molecule has 8 heteroatoms. The van der Waals surface area contributed by atoms with Gasteiger partial charge < -0.3 is 25.4 Å². The molecule has 0 aliphatic carbocycles. The first-order valence-corrected chi connectivity index (χ1v) is 10.5. The zero-order valence-corrected chi connectivity index (χ0v) is 18.6. The smallest absolute Gasteiger partial charge is 0.248 e. The molecule has 0 saturated heterocycles. The largest absolute Gasteiger partial charge is 0.492 e. The summed E-state index contributed by atoms with van der Waals surface area (Å²) in [5, 5.41) is 16.8. The van der Waals surface area contributed by atoms with Crippen molar-refractivity contribution >= 4 is 28.3 Å². The Morgan fingerprint density at radius 2 is 2.00 bits per heavy atom. The van der Waals surface area contributed by atoms with Gasteiger partial charge in [-0.3, -0.25) is 4.79 Å². The van der Waals surface area contributed by atoms with Crippen LogP contribution < -0.4 is 15.4 Å². The lowest BCUT2D eigenvalue weighted by atomic mass is 10.1. The van der Waals surface area contributed by atoms with Gasteiger partial charge in [-0.1, -0.05) is 36.4 Å². The molecule has 1 amide bonds. The highest BCUT2D eigenvalue weighted by molar-refractivity contribution is 6.03. The van der Waals surface area contributed by atoms with E-state index in [1.807, 2.05) is 56.3 Å². The normalized spacial score (nSPS) is 12.3. The fourth-order valence-electron chi connectivity index (χ4n) is 3.20. The van der Waals surface area contributed by atoms with Crippen molar-refractivity contribution in [3.05, 3.63) is 66.5 Å². The molecule has 0 spiro atoms. The van der Waals surface area contributed by atoms with Crippen LogP contribution in [0.15, 0.2) is 60.9 Å². The van der Waals surface area contributed by atoms with Gasteiger partial charge in [0.05, 0.1) is 30.5 Å². The number of benzene rings is 2. The van der Waals surface area contributed by atoms with Crippen molar-refractivity contribution in [2.24, 2.45) is 0 Å². The predicted molar refractivity (Wildman–Crippen MR) is 127 cm³/mol. The summed E-state index contributed by atoms with van der Waals surface area (Å²) in [6.07, 6.45) is 4.75. The molecule has 8 nitrogen and oxygen atoms in total. The molecule has 32 heavy (non-hydrogen) atoms. The van der Waals surface area contributed by atoms with Crippen LogP contribution in [0.25, 0.3) is 10.9 Å². The van der Waals surface area contributed by atoms with Gasteiger partial charge >= 0.3 is 0 Å². The Morgan fingerprint density at radius 3 is 2.69 bits per heavy atom. The van der Waals surface area contributed by atoms with E-state index in [2.05, 4.69) is 20.6 Å². The number of hydrogen-bond acceptors (Lipinski definition) is 7. The minimum Gasteiger partial charge on any atom is -0.492 e. The molecule has 2 aromatic carbocycles. The van der Waals surface area contributed by atoms with Crippen LogP contribution in [0.1, 0.15) is 18.5 Å². The monoisotopic (exact) mass is 435 g/mol. The van der Waals surface area contributed by atoms with Crippen molar-refractivity contribution in [3.8, 4) is 5.75 Å². The Labute approximate surface area is 187 Å². The molecule has 1 aromatic heterocycles. The minimum atomic E-state index is -0.340. The van der Waals surface area contributed by atoms with Crippen molar-refractivity contribution < 1.29 is 14.6 Å². The van der Waals surface area contributed by atoms with Crippen LogP contribution in [0, 0.1) is 0 Å². The molecule has 168 valence electrons. The maximum Gasteiger partial charge on any atom is 0.248 e. The van der Waals surface area contributed by atoms with Crippen LogP contribution in [0.2, 0.25) is 0 Å². The van der Waals surface area contributed by atoms with Crippen LogP contribution in [0.5, 0.6) is 5.75 Å². The standard InChI is InChI=1S/C24H29N5O3/c1-4-32-22-14-19-18(13-20(22)27-23(31)11-8-12-29(2)3)24(26-16-25-19)28-21(15-30)17-9-6-5-7-10-17/h5-11,13-14,16,21,30H,4,12,15H2,1-3H3,(H,27,31)(H,25,26,28)/t21-/m1/s1. The Hall–Kier alpha value is -3.49. The Bertz CT molecular complexity index is 1070. The van der Waals surface area contributed by atoms with Crippen molar-refractivity contribution in [2.45, 2.75) is 13.0 Å². The lowest BCUT2D eigenvalue weighted by molar-refractivity contribution is -0.111. The number of ether oxygens (including phenoxy) is 1. The summed E-state index contributed by atoms with van der Waals surface area (Å²) in [4.78, 5) is 23.1. The van der Waals surface area contributed by atoms with Gasteiger partial charge in [-0.25, -0.2) is 9.97 Å². The van der Waals surface area contributed by atoms with E-state index >= 15 is 0 Å². The SMILES string of the molecule is CCOc1cc2ncnc(N[C@H](CO)c3ccccc3)c2cc1NC(=O)C=CCN(C)C. The molecular weight excluding hydrogens is 406 g/mol. The third-order valence-corrected chi connectivity index (χ3v) is 4.73. The first-order valence-electron chi connectivity index (χ1n) is 10.5. The summed E-state index contributed by atoms with van der Waals surface area (Å²) in [6, 6.07) is 12.9. The molecule has 3 aromatic rings. The highest BCUT2D eigenvalue weighted by Crippen LogP contribution is 2.33. The van der Waals surface area contributed by atoms with E-state index in [0.717, 1.165) is 5.56 Å². The third-order valence-electron chi connectivity index (χ3n) is 4.73. The summed E-state index contributed by atoms with van der Waals surface area (Å²) >= 11 is 0. The summed E-state index contributed by atoms with van der Waals surface area (Å²) in [5.41, 5.74) is 2.13. The number of nitrogens with one attached hydrogen (secondary N) is 2. The maximum absolute atomic E-state index is 12.4. The molecule has 3 N–H and O–H groups in total. The molecule has 3 rings (SSSR count). The molecule has 1 atom stereocenters. The molecule has 0 radical (unpaired) electrons. The molecule has 0 aliphatic rings. The van der Waals surface area contributed by atoms with E-state index in [9.17, 15) is 9.90 Å². The second kappa shape index (κ2) is 11.2. The Kier molecular flexibility index (Phi) is 8.13. The number of fused-ring (bicyclic) bond motifs is 1. The van der Waals surface area contributed by atoms with Crippen LogP contribution in [0.4, 0.5) is 11.5 Å².